The number of hydrogen-bond donors (Lipinski definition) is 0. The van der Waals surface area contributed by atoms with Crippen molar-refractivity contribution in [3.8, 4) is 0 Å². The average Bonchev–Trinajstić information content (AvgIpc) is 3.01. The van der Waals surface area contributed by atoms with Crippen LogP contribution in [0.2, 0.25) is 5.02 Å². The minimum atomic E-state index is 0.514. The molecule has 0 bridgehead atoms. The summed E-state index contributed by atoms with van der Waals surface area (Å²) in [5.41, 5.74) is 2.32. The Kier molecular flexibility index (Phi) is 3.01. The Morgan fingerprint density at radius 1 is 1.27 bits per heavy atom. The molecule has 2 heteroatoms. The lowest BCUT2D eigenvalue weighted by Crippen LogP contribution is -2.06. The predicted octanol–water partition coefficient (Wildman–Crippen LogP) is 4.37. The molecule has 0 aromatic carbocycles. The van der Waals surface area contributed by atoms with Crippen molar-refractivity contribution < 1.29 is 0 Å². The SMILES string of the molecule is CC(C)[C@H](C)c1ccc(Cl)c(C2CC2)n1. The first kappa shape index (κ1) is 10.9. The van der Waals surface area contributed by atoms with Gasteiger partial charge >= 0.3 is 0 Å². The third kappa shape index (κ3) is 2.34. The highest BCUT2D eigenvalue weighted by Gasteiger charge is 2.28. The number of rotatable bonds is 3. The first-order chi connectivity index (χ1) is 7.09. The van der Waals surface area contributed by atoms with Crippen molar-refractivity contribution in [2.75, 3.05) is 0 Å². The van der Waals surface area contributed by atoms with Gasteiger partial charge in [0, 0.05) is 17.5 Å². The molecule has 1 heterocycles. The second-order valence-corrected chi connectivity index (χ2v) is 5.32. The molecule has 2 rings (SSSR count). The second kappa shape index (κ2) is 4.13. The van der Waals surface area contributed by atoms with E-state index in [0.29, 0.717) is 17.8 Å². The molecule has 1 atom stereocenters. The Labute approximate surface area is 96.9 Å². The van der Waals surface area contributed by atoms with Gasteiger partial charge in [-0.3, -0.25) is 4.98 Å². The van der Waals surface area contributed by atoms with Crippen LogP contribution >= 0.6 is 11.6 Å². The van der Waals surface area contributed by atoms with E-state index < -0.39 is 0 Å². The first-order valence-corrected chi connectivity index (χ1v) is 6.13. The summed E-state index contributed by atoms with van der Waals surface area (Å²) < 4.78 is 0. The van der Waals surface area contributed by atoms with Crippen LogP contribution in [0.5, 0.6) is 0 Å². The maximum absolute atomic E-state index is 6.15. The number of halogens is 1. The van der Waals surface area contributed by atoms with Crippen LogP contribution in [-0.4, -0.2) is 4.98 Å². The molecule has 0 saturated heterocycles. The topological polar surface area (TPSA) is 12.9 Å². The molecule has 1 aliphatic carbocycles. The normalized spacial score (nSPS) is 18.2. The maximum atomic E-state index is 6.15. The molecule has 0 N–H and O–H groups in total. The molecule has 1 saturated carbocycles. The molecule has 1 aliphatic rings. The van der Waals surface area contributed by atoms with E-state index in [0.717, 1.165) is 10.7 Å². The summed E-state index contributed by atoms with van der Waals surface area (Å²) in [7, 11) is 0. The summed E-state index contributed by atoms with van der Waals surface area (Å²) in [5, 5.41) is 0.845. The summed E-state index contributed by atoms with van der Waals surface area (Å²) in [6.07, 6.45) is 2.51. The van der Waals surface area contributed by atoms with Gasteiger partial charge in [0.1, 0.15) is 0 Å². The van der Waals surface area contributed by atoms with Gasteiger partial charge in [0.05, 0.1) is 10.7 Å². The van der Waals surface area contributed by atoms with E-state index in [1.54, 1.807) is 0 Å². The molecule has 0 unspecified atom stereocenters. The van der Waals surface area contributed by atoms with E-state index in [1.807, 2.05) is 6.07 Å². The predicted molar refractivity (Wildman–Crippen MR) is 64.5 cm³/mol. The van der Waals surface area contributed by atoms with Crippen LogP contribution in [0, 0.1) is 5.92 Å². The van der Waals surface area contributed by atoms with Crippen molar-refractivity contribution in [3.05, 3.63) is 28.5 Å². The highest BCUT2D eigenvalue weighted by Crippen LogP contribution is 2.42. The van der Waals surface area contributed by atoms with Gasteiger partial charge in [0.25, 0.3) is 0 Å². The van der Waals surface area contributed by atoms with E-state index in [2.05, 4.69) is 26.8 Å². The molecule has 1 aromatic heterocycles. The molecule has 1 nitrogen and oxygen atoms in total. The Balaban J connectivity index is 2.29. The maximum Gasteiger partial charge on any atom is 0.0624 e. The number of pyridine rings is 1. The first-order valence-electron chi connectivity index (χ1n) is 5.76. The summed E-state index contributed by atoms with van der Waals surface area (Å²) in [6.45, 7) is 6.70. The minimum absolute atomic E-state index is 0.514. The molecule has 1 aromatic rings. The van der Waals surface area contributed by atoms with Crippen LogP contribution in [0.25, 0.3) is 0 Å². The Bertz CT molecular complexity index is 356. The number of aromatic nitrogens is 1. The van der Waals surface area contributed by atoms with Crippen molar-refractivity contribution in [1.82, 2.24) is 4.98 Å². The molecular weight excluding hydrogens is 206 g/mol. The third-order valence-electron chi connectivity index (χ3n) is 3.33. The van der Waals surface area contributed by atoms with Gasteiger partial charge in [-0.15, -0.1) is 0 Å². The van der Waals surface area contributed by atoms with Crippen LogP contribution in [0.15, 0.2) is 12.1 Å². The lowest BCUT2D eigenvalue weighted by atomic mass is 9.94. The average molecular weight is 224 g/mol. The van der Waals surface area contributed by atoms with Crippen LogP contribution < -0.4 is 0 Å². The van der Waals surface area contributed by atoms with Crippen molar-refractivity contribution >= 4 is 11.6 Å². The van der Waals surface area contributed by atoms with Crippen molar-refractivity contribution in [2.45, 2.75) is 45.4 Å². The molecule has 0 amide bonds. The van der Waals surface area contributed by atoms with Gasteiger partial charge in [-0.25, -0.2) is 0 Å². The van der Waals surface area contributed by atoms with Gasteiger partial charge in [0.2, 0.25) is 0 Å². The van der Waals surface area contributed by atoms with E-state index >= 15 is 0 Å². The molecular formula is C13H18ClN. The smallest absolute Gasteiger partial charge is 0.0624 e. The third-order valence-corrected chi connectivity index (χ3v) is 3.64. The van der Waals surface area contributed by atoms with Crippen LogP contribution in [0.1, 0.15) is 56.8 Å². The zero-order chi connectivity index (χ0) is 11.0. The van der Waals surface area contributed by atoms with Crippen LogP contribution in [-0.2, 0) is 0 Å². The van der Waals surface area contributed by atoms with Crippen LogP contribution in [0.3, 0.4) is 0 Å². The summed E-state index contributed by atoms with van der Waals surface area (Å²) >= 11 is 6.15. The van der Waals surface area contributed by atoms with Gasteiger partial charge in [-0.1, -0.05) is 32.4 Å². The second-order valence-electron chi connectivity index (χ2n) is 4.91. The molecule has 1 fully saturated rings. The molecule has 82 valence electrons. The molecule has 0 aliphatic heterocycles. The van der Waals surface area contributed by atoms with E-state index in [9.17, 15) is 0 Å². The standard InChI is InChI=1S/C13H18ClN/c1-8(2)9(3)12-7-6-11(14)13(15-12)10-4-5-10/h6-10H,4-5H2,1-3H3/t9-/m0/s1. The van der Waals surface area contributed by atoms with Crippen molar-refractivity contribution in [3.63, 3.8) is 0 Å². The minimum Gasteiger partial charge on any atom is -0.256 e. The van der Waals surface area contributed by atoms with Crippen LogP contribution in [0.4, 0.5) is 0 Å². The Hall–Kier alpha value is -0.560. The zero-order valence-corrected chi connectivity index (χ0v) is 10.4. The van der Waals surface area contributed by atoms with Crippen molar-refractivity contribution in [2.24, 2.45) is 5.92 Å². The number of nitrogens with zero attached hydrogens (tertiary/aromatic N) is 1. The van der Waals surface area contributed by atoms with Gasteiger partial charge in [-0.2, -0.15) is 0 Å². The molecule has 15 heavy (non-hydrogen) atoms. The largest absolute Gasteiger partial charge is 0.256 e. The lowest BCUT2D eigenvalue weighted by Gasteiger charge is -2.16. The van der Waals surface area contributed by atoms with Gasteiger partial charge in [0.15, 0.2) is 0 Å². The Morgan fingerprint density at radius 2 is 1.93 bits per heavy atom. The van der Waals surface area contributed by atoms with E-state index in [1.165, 1.54) is 18.5 Å². The van der Waals surface area contributed by atoms with E-state index in [-0.39, 0.29) is 0 Å². The van der Waals surface area contributed by atoms with Crippen molar-refractivity contribution in [1.29, 1.82) is 0 Å². The van der Waals surface area contributed by atoms with Gasteiger partial charge < -0.3 is 0 Å². The Morgan fingerprint density at radius 3 is 2.47 bits per heavy atom. The fourth-order valence-electron chi connectivity index (χ4n) is 1.71. The number of hydrogen-bond acceptors (Lipinski definition) is 1. The summed E-state index contributed by atoms with van der Waals surface area (Å²) in [4.78, 5) is 4.72. The lowest BCUT2D eigenvalue weighted by molar-refractivity contribution is 0.522. The molecule has 0 spiro atoms. The highest BCUT2D eigenvalue weighted by molar-refractivity contribution is 6.31. The van der Waals surface area contributed by atoms with E-state index in [4.69, 9.17) is 16.6 Å². The fourth-order valence-corrected chi connectivity index (χ4v) is 1.97. The zero-order valence-electron chi connectivity index (χ0n) is 9.63. The monoisotopic (exact) mass is 223 g/mol. The highest BCUT2D eigenvalue weighted by atomic mass is 35.5. The van der Waals surface area contributed by atoms with Gasteiger partial charge in [-0.05, 0) is 30.9 Å². The molecule has 0 radical (unpaired) electrons. The quantitative estimate of drug-likeness (QED) is 0.742. The summed E-state index contributed by atoms with van der Waals surface area (Å²) in [6, 6.07) is 4.08. The fraction of sp³-hybridized carbons (Fsp3) is 0.615. The summed E-state index contributed by atoms with van der Waals surface area (Å²) in [5.74, 6) is 1.78.